The fourth-order valence-corrected chi connectivity index (χ4v) is 3.46. The van der Waals surface area contributed by atoms with Crippen molar-refractivity contribution >= 4 is 11.6 Å². The van der Waals surface area contributed by atoms with Crippen LogP contribution in [0.4, 0.5) is 5.69 Å². The molecule has 0 saturated carbocycles. The van der Waals surface area contributed by atoms with Gasteiger partial charge in [0.25, 0.3) is 0 Å². The Morgan fingerprint density at radius 3 is 2.56 bits per heavy atom. The zero-order chi connectivity index (χ0) is 19.4. The van der Waals surface area contributed by atoms with Gasteiger partial charge in [-0.05, 0) is 35.7 Å². The Kier molecular flexibility index (Phi) is 5.07. The fourth-order valence-electron chi connectivity index (χ4n) is 3.46. The lowest BCUT2D eigenvalue weighted by atomic mass is 9.78. The zero-order valence-electron chi connectivity index (χ0n) is 15.0. The smallest absolute Gasteiger partial charge is 0.242 e. The predicted molar refractivity (Wildman–Crippen MR) is 103 cm³/mol. The number of methoxy groups -OCH3 is 1. The number of ether oxygens (including phenoxy) is 1. The molecule has 2 aromatic carbocycles. The first kappa shape index (κ1) is 18.4. The largest absolute Gasteiger partial charge is 0.497 e. The number of carbonyl (C=O) groups excluding carboxylic acids is 1. The minimum atomic E-state index is -1.11. The van der Waals surface area contributed by atoms with Gasteiger partial charge < -0.3 is 9.64 Å². The highest BCUT2D eigenvalue weighted by Gasteiger charge is 2.48. The van der Waals surface area contributed by atoms with Gasteiger partial charge in [-0.2, -0.15) is 0 Å². The van der Waals surface area contributed by atoms with E-state index < -0.39 is 10.3 Å². The molecule has 1 unspecified atom stereocenters. The normalized spacial score (nSPS) is 18.6. The van der Waals surface area contributed by atoms with E-state index in [1.807, 2.05) is 48.5 Å². The molecule has 1 aliphatic rings. The second-order valence-electron chi connectivity index (χ2n) is 6.32. The van der Waals surface area contributed by atoms with Crippen LogP contribution in [0.2, 0.25) is 0 Å². The molecular formula is C21H20N2O4. The summed E-state index contributed by atoms with van der Waals surface area (Å²) in [6.45, 7) is 4.11. The molecule has 0 radical (unpaired) electrons. The molecule has 138 valence electrons. The third-order valence-electron chi connectivity index (χ3n) is 4.75. The minimum Gasteiger partial charge on any atom is -0.497 e. The number of carbonyl (C=O) groups is 1. The van der Waals surface area contributed by atoms with Crippen LogP contribution >= 0.6 is 0 Å². The van der Waals surface area contributed by atoms with Gasteiger partial charge in [0.15, 0.2) is 0 Å². The second kappa shape index (κ2) is 7.45. The molecule has 1 aliphatic heterocycles. The van der Waals surface area contributed by atoms with E-state index in [2.05, 4.69) is 6.58 Å². The Bertz CT molecular complexity index is 905. The number of fused-ring (bicyclic) bond motifs is 1. The summed E-state index contributed by atoms with van der Waals surface area (Å²) in [7, 11) is 1.60. The summed E-state index contributed by atoms with van der Waals surface area (Å²) in [6, 6.07) is 14.9. The van der Waals surface area contributed by atoms with Crippen LogP contribution in [0.1, 0.15) is 17.5 Å². The number of anilines is 1. The predicted octanol–water partition coefficient (Wildman–Crippen LogP) is 3.85. The molecular weight excluding hydrogens is 344 g/mol. The van der Waals surface area contributed by atoms with E-state index in [4.69, 9.17) is 4.74 Å². The molecule has 3 rings (SSSR count). The van der Waals surface area contributed by atoms with E-state index in [1.165, 1.54) is 6.08 Å². The minimum absolute atomic E-state index is 0.197. The Morgan fingerprint density at radius 2 is 1.93 bits per heavy atom. The summed E-state index contributed by atoms with van der Waals surface area (Å²) in [5.74, 6) is 0.541. The SMILES string of the molecule is C=CCC1(/C=C/[N+](=O)[O-])C(=O)N(Cc2ccc(OC)cc2)c2ccccc21. The Morgan fingerprint density at radius 1 is 1.22 bits per heavy atom. The number of allylic oxidation sites excluding steroid dienone is 1. The zero-order valence-corrected chi connectivity index (χ0v) is 15.0. The van der Waals surface area contributed by atoms with E-state index >= 15 is 0 Å². The topological polar surface area (TPSA) is 72.7 Å². The van der Waals surface area contributed by atoms with Crippen molar-refractivity contribution in [3.05, 3.63) is 94.7 Å². The molecule has 0 fully saturated rings. The summed E-state index contributed by atoms with van der Waals surface area (Å²) < 4.78 is 5.17. The Balaban J connectivity index is 2.04. The van der Waals surface area contributed by atoms with E-state index in [0.29, 0.717) is 6.54 Å². The van der Waals surface area contributed by atoms with Gasteiger partial charge in [-0.1, -0.05) is 36.4 Å². The van der Waals surface area contributed by atoms with Gasteiger partial charge in [-0.25, -0.2) is 0 Å². The number of rotatable bonds is 7. The summed E-state index contributed by atoms with van der Waals surface area (Å²) in [5.41, 5.74) is 1.33. The summed E-state index contributed by atoms with van der Waals surface area (Å²) in [5, 5.41) is 10.9. The molecule has 0 saturated heterocycles. The third-order valence-corrected chi connectivity index (χ3v) is 4.75. The van der Waals surface area contributed by atoms with E-state index in [0.717, 1.165) is 28.8 Å². The van der Waals surface area contributed by atoms with Crippen molar-refractivity contribution in [3.8, 4) is 5.75 Å². The molecule has 0 bridgehead atoms. The van der Waals surface area contributed by atoms with Crippen molar-refractivity contribution in [2.45, 2.75) is 18.4 Å². The van der Waals surface area contributed by atoms with E-state index in [1.54, 1.807) is 18.1 Å². The molecule has 6 nitrogen and oxygen atoms in total. The Hall–Kier alpha value is -3.41. The van der Waals surface area contributed by atoms with Gasteiger partial charge in [0.1, 0.15) is 11.2 Å². The van der Waals surface area contributed by atoms with Crippen molar-refractivity contribution in [1.82, 2.24) is 0 Å². The quantitative estimate of drug-likeness (QED) is 0.425. The lowest BCUT2D eigenvalue weighted by molar-refractivity contribution is -0.402. The van der Waals surface area contributed by atoms with Crippen LogP contribution in [0.15, 0.2) is 73.5 Å². The highest BCUT2D eigenvalue weighted by Crippen LogP contribution is 2.46. The van der Waals surface area contributed by atoms with Crippen molar-refractivity contribution in [1.29, 1.82) is 0 Å². The standard InChI is InChI=1S/C21H20N2O4/c1-3-12-21(13-14-23(25)26)18-6-4-5-7-19(18)22(20(21)24)15-16-8-10-17(27-2)11-9-16/h3-11,13-14H,1,12,15H2,2H3/b14-13+. The van der Waals surface area contributed by atoms with Gasteiger partial charge in [0.2, 0.25) is 12.1 Å². The number of benzene rings is 2. The maximum atomic E-state index is 13.4. The van der Waals surface area contributed by atoms with Gasteiger partial charge in [-0.3, -0.25) is 14.9 Å². The van der Waals surface area contributed by atoms with Crippen LogP contribution in [0.3, 0.4) is 0 Å². The van der Waals surface area contributed by atoms with Gasteiger partial charge in [0, 0.05) is 11.8 Å². The van der Waals surface area contributed by atoms with Crippen molar-refractivity contribution in [2.75, 3.05) is 12.0 Å². The second-order valence-corrected chi connectivity index (χ2v) is 6.32. The lowest BCUT2D eigenvalue weighted by Gasteiger charge is -2.23. The summed E-state index contributed by atoms with van der Waals surface area (Å²) in [4.78, 5) is 25.4. The monoisotopic (exact) mass is 364 g/mol. The number of para-hydroxylation sites is 1. The first-order valence-corrected chi connectivity index (χ1v) is 8.50. The van der Waals surface area contributed by atoms with Crippen LogP contribution in [0.5, 0.6) is 5.75 Å². The van der Waals surface area contributed by atoms with Crippen LogP contribution < -0.4 is 9.64 Å². The van der Waals surface area contributed by atoms with Gasteiger partial charge >= 0.3 is 0 Å². The molecule has 1 heterocycles. The van der Waals surface area contributed by atoms with Crippen LogP contribution in [-0.2, 0) is 16.8 Å². The fraction of sp³-hybridized carbons (Fsp3) is 0.190. The van der Waals surface area contributed by atoms with Gasteiger partial charge in [0.05, 0.1) is 18.6 Å². The number of hydrogen-bond donors (Lipinski definition) is 0. The van der Waals surface area contributed by atoms with Gasteiger partial charge in [-0.15, -0.1) is 6.58 Å². The molecule has 1 atom stereocenters. The molecule has 0 N–H and O–H groups in total. The molecule has 0 spiro atoms. The summed E-state index contributed by atoms with van der Waals surface area (Å²) in [6.07, 6.45) is 4.13. The number of hydrogen-bond acceptors (Lipinski definition) is 4. The van der Waals surface area contributed by atoms with Crippen LogP contribution in [0.25, 0.3) is 0 Å². The first-order valence-electron chi connectivity index (χ1n) is 8.50. The molecule has 6 heteroatoms. The average molecular weight is 364 g/mol. The van der Waals surface area contributed by atoms with Crippen LogP contribution in [-0.4, -0.2) is 17.9 Å². The van der Waals surface area contributed by atoms with Crippen molar-refractivity contribution in [3.63, 3.8) is 0 Å². The highest BCUT2D eigenvalue weighted by atomic mass is 16.6. The highest BCUT2D eigenvalue weighted by molar-refractivity contribution is 6.09. The number of nitro groups is 1. The molecule has 0 aromatic heterocycles. The summed E-state index contributed by atoms with van der Waals surface area (Å²) >= 11 is 0. The number of nitrogens with zero attached hydrogens (tertiary/aromatic N) is 2. The average Bonchev–Trinajstić information content (AvgIpc) is 2.90. The van der Waals surface area contributed by atoms with Crippen LogP contribution in [0, 0.1) is 10.1 Å². The molecule has 1 amide bonds. The van der Waals surface area contributed by atoms with Crippen molar-refractivity contribution in [2.24, 2.45) is 0 Å². The molecule has 27 heavy (non-hydrogen) atoms. The number of amides is 1. The van der Waals surface area contributed by atoms with E-state index in [-0.39, 0.29) is 12.3 Å². The van der Waals surface area contributed by atoms with E-state index in [9.17, 15) is 14.9 Å². The third kappa shape index (κ3) is 3.33. The lowest BCUT2D eigenvalue weighted by Crippen LogP contribution is -2.38. The first-order chi connectivity index (χ1) is 13.0. The maximum Gasteiger partial charge on any atom is 0.242 e. The molecule has 2 aromatic rings. The Labute approximate surface area is 157 Å². The maximum absolute atomic E-state index is 13.4. The van der Waals surface area contributed by atoms with Crippen molar-refractivity contribution < 1.29 is 14.5 Å². The molecule has 0 aliphatic carbocycles.